The van der Waals surface area contributed by atoms with E-state index in [1.165, 1.54) is 6.07 Å². The lowest BCUT2D eigenvalue weighted by molar-refractivity contribution is 0.433. The first kappa shape index (κ1) is 15.6. The summed E-state index contributed by atoms with van der Waals surface area (Å²) in [7, 11) is 0. The molecular formula is C15H18F3N3. The average Bonchev–Trinajstić information content (AvgIpc) is 2.92. The first-order valence-electron chi connectivity index (χ1n) is 6.97. The molecule has 21 heavy (non-hydrogen) atoms. The molecule has 0 aliphatic rings. The van der Waals surface area contributed by atoms with Gasteiger partial charge in [0, 0.05) is 23.9 Å². The largest absolute Gasteiger partial charge is 0.306 e. The van der Waals surface area contributed by atoms with E-state index < -0.39 is 23.5 Å². The van der Waals surface area contributed by atoms with Crippen LogP contribution in [0.15, 0.2) is 24.5 Å². The molecule has 0 aliphatic heterocycles. The van der Waals surface area contributed by atoms with Crippen molar-refractivity contribution in [2.75, 3.05) is 6.54 Å². The molecule has 1 unspecified atom stereocenters. The smallest absolute Gasteiger partial charge is 0.194 e. The SMILES string of the molecule is CCCn1cc(C(NCC)c2ccc(F)c(F)c2F)cn1. The highest BCUT2D eigenvalue weighted by Gasteiger charge is 2.22. The number of nitrogens with zero attached hydrogens (tertiary/aromatic N) is 2. The molecule has 0 saturated carbocycles. The Morgan fingerprint density at radius 2 is 1.95 bits per heavy atom. The van der Waals surface area contributed by atoms with Gasteiger partial charge in [0.15, 0.2) is 17.5 Å². The van der Waals surface area contributed by atoms with Gasteiger partial charge in [0.2, 0.25) is 0 Å². The second-order valence-corrected chi connectivity index (χ2v) is 4.79. The van der Waals surface area contributed by atoms with E-state index in [9.17, 15) is 13.2 Å². The predicted octanol–water partition coefficient (Wildman–Crippen LogP) is 3.41. The van der Waals surface area contributed by atoms with Gasteiger partial charge in [0.05, 0.1) is 12.2 Å². The van der Waals surface area contributed by atoms with Gasteiger partial charge in [-0.2, -0.15) is 5.10 Å². The number of rotatable bonds is 6. The predicted molar refractivity (Wildman–Crippen MR) is 74.4 cm³/mol. The normalized spacial score (nSPS) is 12.6. The van der Waals surface area contributed by atoms with E-state index in [-0.39, 0.29) is 5.56 Å². The summed E-state index contributed by atoms with van der Waals surface area (Å²) in [6, 6.07) is 1.64. The fourth-order valence-electron chi connectivity index (χ4n) is 2.26. The monoisotopic (exact) mass is 297 g/mol. The van der Waals surface area contributed by atoms with Gasteiger partial charge in [-0.05, 0) is 19.0 Å². The molecule has 1 heterocycles. The first-order valence-corrected chi connectivity index (χ1v) is 6.97. The molecule has 1 aromatic carbocycles. The van der Waals surface area contributed by atoms with Crippen molar-refractivity contribution in [1.29, 1.82) is 0 Å². The Morgan fingerprint density at radius 1 is 1.19 bits per heavy atom. The zero-order chi connectivity index (χ0) is 15.4. The van der Waals surface area contributed by atoms with Crippen molar-refractivity contribution in [2.24, 2.45) is 0 Å². The minimum Gasteiger partial charge on any atom is -0.306 e. The molecule has 0 saturated heterocycles. The Morgan fingerprint density at radius 3 is 2.62 bits per heavy atom. The molecule has 2 rings (SSSR count). The minimum atomic E-state index is -1.45. The number of hydrogen-bond donors (Lipinski definition) is 1. The van der Waals surface area contributed by atoms with Gasteiger partial charge in [-0.1, -0.05) is 19.9 Å². The van der Waals surface area contributed by atoms with Crippen LogP contribution in [0.3, 0.4) is 0 Å². The number of aryl methyl sites for hydroxylation is 1. The molecule has 0 radical (unpaired) electrons. The number of halogens is 3. The highest BCUT2D eigenvalue weighted by molar-refractivity contribution is 5.31. The summed E-state index contributed by atoms with van der Waals surface area (Å²) < 4.78 is 42.2. The third-order valence-corrected chi connectivity index (χ3v) is 3.22. The van der Waals surface area contributed by atoms with Crippen molar-refractivity contribution in [1.82, 2.24) is 15.1 Å². The molecule has 2 aromatic rings. The Balaban J connectivity index is 2.40. The van der Waals surface area contributed by atoms with Crippen molar-refractivity contribution < 1.29 is 13.2 Å². The molecule has 1 N–H and O–H groups in total. The van der Waals surface area contributed by atoms with E-state index in [0.717, 1.165) is 24.6 Å². The quantitative estimate of drug-likeness (QED) is 0.828. The topological polar surface area (TPSA) is 29.9 Å². The van der Waals surface area contributed by atoms with E-state index >= 15 is 0 Å². The molecule has 1 aromatic heterocycles. The van der Waals surface area contributed by atoms with Gasteiger partial charge >= 0.3 is 0 Å². The Labute approximate surface area is 121 Å². The zero-order valence-electron chi connectivity index (χ0n) is 12.0. The van der Waals surface area contributed by atoms with E-state index in [0.29, 0.717) is 6.54 Å². The Bertz CT molecular complexity index is 610. The fraction of sp³-hybridized carbons (Fsp3) is 0.400. The lowest BCUT2D eigenvalue weighted by atomic mass is 10.0. The van der Waals surface area contributed by atoms with E-state index in [2.05, 4.69) is 10.4 Å². The number of nitrogens with one attached hydrogen (secondary N) is 1. The van der Waals surface area contributed by atoms with Crippen LogP contribution in [0.2, 0.25) is 0 Å². The number of hydrogen-bond acceptors (Lipinski definition) is 2. The third kappa shape index (κ3) is 3.26. The van der Waals surface area contributed by atoms with Crippen LogP contribution >= 0.6 is 0 Å². The fourth-order valence-corrected chi connectivity index (χ4v) is 2.26. The zero-order valence-corrected chi connectivity index (χ0v) is 12.0. The highest BCUT2D eigenvalue weighted by atomic mass is 19.2. The summed E-state index contributed by atoms with van der Waals surface area (Å²) >= 11 is 0. The van der Waals surface area contributed by atoms with Crippen LogP contribution in [0.1, 0.15) is 37.4 Å². The summed E-state index contributed by atoms with van der Waals surface area (Å²) in [5.74, 6) is -3.80. The van der Waals surface area contributed by atoms with Crippen LogP contribution < -0.4 is 5.32 Å². The van der Waals surface area contributed by atoms with Crippen LogP contribution in [-0.2, 0) is 6.54 Å². The molecule has 1 atom stereocenters. The summed E-state index contributed by atoms with van der Waals surface area (Å²) in [6.45, 7) is 5.20. The molecule has 6 heteroatoms. The molecule has 0 spiro atoms. The van der Waals surface area contributed by atoms with Crippen molar-refractivity contribution >= 4 is 0 Å². The van der Waals surface area contributed by atoms with Gasteiger partial charge in [0.1, 0.15) is 0 Å². The van der Waals surface area contributed by atoms with Crippen molar-refractivity contribution in [3.8, 4) is 0 Å². The van der Waals surface area contributed by atoms with Gasteiger partial charge in [0.25, 0.3) is 0 Å². The molecule has 114 valence electrons. The summed E-state index contributed by atoms with van der Waals surface area (Å²) in [6.07, 6.45) is 4.33. The van der Waals surface area contributed by atoms with Crippen LogP contribution in [0.5, 0.6) is 0 Å². The second kappa shape index (κ2) is 6.76. The van der Waals surface area contributed by atoms with Gasteiger partial charge < -0.3 is 5.32 Å². The molecule has 3 nitrogen and oxygen atoms in total. The number of aromatic nitrogens is 2. The lowest BCUT2D eigenvalue weighted by Crippen LogP contribution is -2.23. The van der Waals surface area contributed by atoms with E-state index in [1.54, 1.807) is 17.1 Å². The molecular weight excluding hydrogens is 279 g/mol. The second-order valence-electron chi connectivity index (χ2n) is 4.79. The summed E-state index contributed by atoms with van der Waals surface area (Å²) in [5.41, 5.74) is 0.794. The van der Waals surface area contributed by atoms with Crippen LogP contribution in [0.25, 0.3) is 0 Å². The van der Waals surface area contributed by atoms with E-state index in [1.807, 2.05) is 13.8 Å². The van der Waals surface area contributed by atoms with Crippen molar-refractivity contribution in [3.05, 3.63) is 53.1 Å². The van der Waals surface area contributed by atoms with Gasteiger partial charge in [-0.25, -0.2) is 13.2 Å². The summed E-state index contributed by atoms with van der Waals surface area (Å²) in [4.78, 5) is 0. The maximum Gasteiger partial charge on any atom is 0.194 e. The minimum absolute atomic E-state index is 0.0757. The van der Waals surface area contributed by atoms with Crippen molar-refractivity contribution in [2.45, 2.75) is 32.9 Å². The maximum atomic E-state index is 14.0. The molecule has 0 amide bonds. The molecule has 0 bridgehead atoms. The van der Waals surface area contributed by atoms with E-state index in [4.69, 9.17) is 0 Å². The van der Waals surface area contributed by atoms with Crippen LogP contribution in [-0.4, -0.2) is 16.3 Å². The Kier molecular flexibility index (Phi) is 5.01. The van der Waals surface area contributed by atoms with Gasteiger partial charge in [-0.15, -0.1) is 0 Å². The first-order chi connectivity index (χ1) is 10.1. The molecule has 0 fully saturated rings. The van der Waals surface area contributed by atoms with Crippen LogP contribution in [0.4, 0.5) is 13.2 Å². The number of benzene rings is 1. The third-order valence-electron chi connectivity index (χ3n) is 3.22. The molecule has 0 aliphatic carbocycles. The maximum absolute atomic E-state index is 14.0. The summed E-state index contributed by atoms with van der Waals surface area (Å²) in [5, 5.41) is 7.27. The van der Waals surface area contributed by atoms with Gasteiger partial charge in [-0.3, -0.25) is 4.68 Å². The van der Waals surface area contributed by atoms with Crippen molar-refractivity contribution in [3.63, 3.8) is 0 Å². The average molecular weight is 297 g/mol. The van der Waals surface area contributed by atoms with Crippen LogP contribution in [0, 0.1) is 17.5 Å². The lowest BCUT2D eigenvalue weighted by Gasteiger charge is -2.18. The standard InChI is InChI=1S/C15H18F3N3/c1-3-7-21-9-10(8-20-21)15(19-4-2)11-5-6-12(16)14(18)13(11)17/h5-6,8-9,15,19H,3-4,7H2,1-2H3. The Hall–Kier alpha value is -1.82. The highest BCUT2D eigenvalue weighted by Crippen LogP contribution is 2.26.